The maximum atomic E-state index is 14.1. The van der Waals surface area contributed by atoms with Crippen LogP contribution in [0.2, 0.25) is 0 Å². The molecule has 1 aliphatic rings. The van der Waals surface area contributed by atoms with Crippen LogP contribution in [0.1, 0.15) is 39.4 Å². The van der Waals surface area contributed by atoms with Gasteiger partial charge in [0.25, 0.3) is 0 Å². The van der Waals surface area contributed by atoms with E-state index in [1.807, 2.05) is 48.5 Å². The molecule has 0 fully saturated rings. The van der Waals surface area contributed by atoms with Crippen molar-refractivity contribution >= 4 is 29.7 Å². The summed E-state index contributed by atoms with van der Waals surface area (Å²) in [5.41, 5.74) is 9.93. The van der Waals surface area contributed by atoms with Gasteiger partial charge >= 0.3 is 12.1 Å². The summed E-state index contributed by atoms with van der Waals surface area (Å²) in [6, 6.07) is 18.7. The second-order valence-electron chi connectivity index (χ2n) is 8.37. The molecule has 1 atom stereocenters. The number of halogens is 1. The Hall–Kier alpha value is -3.85. The van der Waals surface area contributed by atoms with Crippen molar-refractivity contribution in [3.8, 4) is 11.1 Å². The van der Waals surface area contributed by atoms with Gasteiger partial charge in [-0.25, -0.2) is 14.0 Å². The number of rotatable bonds is 10. The van der Waals surface area contributed by atoms with E-state index in [2.05, 4.69) is 5.32 Å². The van der Waals surface area contributed by atoms with Gasteiger partial charge in [-0.2, -0.15) is 11.8 Å². The number of alkyl carbamates (subject to hydrolysis) is 1. The lowest BCUT2D eigenvalue weighted by atomic mass is 9.98. The number of nitrogens with one attached hydrogen (secondary N) is 1. The highest BCUT2D eigenvalue weighted by atomic mass is 32.2. The fourth-order valence-corrected chi connectivity index (χ4v) is 5.24. The van der Waals surface area contributed by atoms with E-state index in [9.17, 15) is 23.9 Å². The van der Waals surface area contributed by atoms with Crippen LogP contribution in [0.5, 0.6) is 0 Å². The predicted octanol–water partition coefficient (Wildman–Crippen LogP) is 4.54. The lowest BCUT2D eigenvalue weighted by Gasteiger charge is -2.17. The Balaban J connectivity index is 1.28. The highest BCUT2D eigenvalue weighted by Crippen LogP contribution is 2.44. The summed E-state index contributed by atoms with van der Waals surface area (Å²) in [6.07, 6.45) is -0.673. The van der Waals surface area contributed by atoms with E-state index < -0.39 is 29.8 Å². The van der Waals surface area contributed by atoms with Gasteiger partial charge in [0, 0.05) is 17.2 Å². The molecule has 0 radical (unpaired) electrons. The fraction of sp³-hybridized carbons (Fsp3) is 0.222. The smallest absolute Gasteiger partial charge is 0.407 e. The Labute approximate surface area is 211 Å². The molecule has 0 saturated heterocycles. The second kappa shape index (κ2) is 11.3. The van der Waals surface area contributed by atoms with Crippen LogP contribution < -0.4 is 11.1 Å². The number of ether oxygens (including phenoxy) is 1. The number of hydrogen-bond acceptors (Lipinski definition) is 5. The molecule has 186 valence electrons. The van der Waals surface area contributed by atoms with Crippen LogP contribution in [0.15, 0.2) is 66.7 Å². The summed E-state index contributed by atoms with van der Waals surface area (Å²) in [7, 11) is 0. The average Bonchev–Trinajstić information content (AvgIpc) is 3.18. The summed E-state index contributed by atoms with van der Waals surface area (Å²) in [5.74, 6) is -1.93. The number of aliphatic carboxylic acids is 1. The van der Waals surface area contributed by atoms with Gasteiger partial charge in [-0.3, -0.25) is 4.79 Å². The van der Waals surface area contributed by atoms with E-state index in [-0.39, 0.29) is 30.3 Å². The maximum absolute atomic E-state index is 14.1. The second-order valence-corrected chi connectivity index (χ2v) is 9.48. The van der Waals surface area contributed by atoms with E-state index in [1.54, 1.807) is 0 Å². The molecule has 2 amide bonds. The summed E-state index contributed by atoms with van der Waals surface area (Å²) < 4.78 is 19.5. The van der Waals surface area contributed by atoms with E-state index >= 15 is 0 Å². The van der Waals surface area contributed by atoms with E-state index in [0.29, 0.717) is 11.3 Å². The molecule has 3 aromatic carbocycles. The molecule has 9 heteroatoms. The van der Waals surface area contributed by atoms with Gasteiger partial charge in [0.15, 0.2) is 0 Å². The predicted molar refractivity (Wildman–Crippen MR) is 135 cm³/mol. The summed E-state index contributed by atoms with van der Waals surface area (Å²) >= 11 is 1.31. The first-order valence-corrected chi connectivity index (χ1v) is 12.5. The van der Waals surface area contributed by atoms with Gasteiger partial charge in [0.05, 0.1) is 0 Å². The third-order valence-corrected chi connectivity index (χ3v) is 7.12. The monoisotopic (exact) mass is 508 g/mol. The Morgan fingerprint density at radius 3 is 2.25 bits per heavy atom. The van der Waals surface area contributed by atoms with Crippen molar-refractivity contribution in [3.63, 3.8) is 0 Å². The first kappa shape index (κ1) is 25.2. The summed E-state index contributed by atoms with van der Waals surface area (Å²) in [6.45, 7) is 0.0848. The molecule has 0 aliphatic heterocycles. The van der Waals surface area contributed by atoms with Crippen LogP contribution in [-0.4, -0.2) is 41.5 Å². The number of hydrogen-bond donors (Lipinski definition) is 3. The number of fused-ring (bicyclic) bond motifs is 3. The Morgan fingerprint density at radius 2 is 1.67 bits per heavy atom. The van der Waals surface area contributed by atoms with E-state index in [1.165, 1.54) is 23.9 Å². The third kappa shape index (κ3) is 5.68. The topological polar surface area (TPSA) is 119 Å². The molecule has 0 spiro atoms. The summed E-state index contributed by atoms with van der Waals surface area (Å²) in [5, 5.41) is 11.9. The average molecular weight is 509 g/mol. The molecule has 3 aromatic rings. The zero-order valence-corrected chi connectivity index (χ0v) is 20.1. The first-order chi connectivity index (χ1) is 17.3. The molecule has 4 N–H and O–H groups in total. The molecular weight excluding hydrogens is 483 g/mol. The molecule has 0 bridgehead atoms. The standard InChI is InChI=1S/C27H25FN2O5S/c28-23-13-16(25(29)31)9-10-17(23)15-36-12-11-24(26(32)33)30-27(34)35-14-22-20-7-3-1-5-18(20)19-6-2-4-8-21(19)22/h1-10,13,22,24H,11-12,14-15H2,(H2,29,31)(H,30,34)(H,32,33). The minimum absolute atomic E-state index is 0.0829. The molecular formula is C27H25FN2O5S. The molecule has 4 rings (SSSR count). The van der Waals surface area contributed by atoms with Crippen molar-refractivity contribution in [3.05, 3.63) is 94.8 Å². The van der Waals surface area contributed by atoms with Gasteiger partial charge in [0.1, 0.15) is 18.5 Å². The SMILES string of the molecule is NC(=O)c1ccc(CSCCC(NC(=O)OCC2c3ccccc3-c3ccccc32)C(=O)O)c(F)c1. The Bertz CT molecular complexity index is 1250. The number of thioether (sulfide) groups is 1. The zero-order valence-electron chi connectivity index (χ0n) is 19.3. The van der Waals surface area contributed by atoms with Gasteiger partial charge in [0.2, 0.25) is 5.91 Å². The highest BCUT2D eigenvalue weighted by molar-refractivity contribution is 7.98. The zero-order chi connectivity index (χ0) is 25.7. The van der Waals surface area contributed by atoms with Crippen LogP contribution in [0.25, 0.3) is 11.1 Å². The van der Waals surface area contributed by atoms with Crippen LogP contribution in [-0.2, 0) is 15.3 Å². The Morgan fingerprint density at radius 1 is 1.03 bits per heavy atom. The highest BCUT2D eigenvalue weighted by Gasteiger charge is 2.29. The molecule has 0 aromatic heterocycles. The van der Waals surface area contributed by atoms with Crippen molar-refractivity contribution < 1.29 is 28.6 Å². The van der Waals surface area contributed by atoms with Crippen LogP contribution in [0.3, 0.4) is 0 Å². The lowest BCUT2D eigenvalue weighted by molar-refractivity contribution is -0.139. The minimum Gasteiger partial charge on any atom is -0.480 e. The number of nitrogens with two attached hydrogens (primary N) is 1. The van der Waals surface area contributed by atoms with E-state index in [0.717, 1.165) is 28.3 Å². The number of amides is 2. The number of carboxylic acids is 1. The molecule has 1 unspecified atom stereocenters. The largest absolute Gasteiger partial charge is 0.480 e. The Kier molecular flexibility index (Phi) is 7.90. The first-order valence-electron chi connectivity index (χ1n) is 11.4. The van der Waals surface area contributed by atoms with Crippen molar-refractivity contribution in [1.82, 2.24) is 5.32 Å². The van der Waals surface area contributed by atoms with Gasteiger partial charge in [-0.05, 0) is 52.1 Å². The van der Waals surface area contributed by atoms with Crippen molar-refractivity contribution in [1.29, 1.82) is 0 Å². The third-order valence-electron chi connectivity index (χ3n) is 6.08. The molecule has 0 saturated carbocycles. The maximum Gasteiger partial charge on any atom is 0.407 e. The molecule has 7 nitrogen and oxygen atoms in total. The normalized spacial score (nSPS) is 12.9. The number of carboxylic acid groups (broad SMARTS) is 1. The molecule has 0 heterocycles. The number of primary amides is 1. The molecule has 1 aliphatic carbocycles. The van der Waals surface area contributed by atoms with E-state index in [4.69, 9.17) is 10.5 Å². The van der Waals surface area contributed by atoms with Crippen LogP contribution in [0, 0.1) is 5.82 Å². The van der Waals surface area contributed by atoms with Crippen molar-refractivity contribution in [2.45, 2.75) is 24.1 Å². The van der Waals surface area contributed by atoms with Crippen LogP contribution in [0.4, 0.5) is 9.18 Å². The minimum atomic E-state index is -1.18. The van der Waals surface area contributed by atoms with Crippen LogP contribution >= 0.6 is 11.8 Å². The van der Waals surface area contributed by atoms with Crippen molar-refractivity contribution in [2.24, 2.45) is 5.73 Å². The fourth-order valence-electron chi connectivity index (χ4n) is 4.24. The molecule has 36 heavy (non-hydrogen) atoms. The van der Waals surface area contributed by atoms with Gasteiger partial charge in [-0.1, -0.05) is 54.6 Å². The number of carbonyl (C=O) groups is 3. The number of carbonyl (C=O) groups excluding carboxylic acids is 2. The van der Waals surface area contributed by atoms with Crippen molar-refractivity contribution in [2.75, 3.05) is 12.4 Å². The number of benzene rings is 3. The van der Waals surface area contributed by atoms with Gasteiger partial charge in [-0.15, -0.1) is 0 Å². The van der Waals surface area contributed by atoms with Gasteiger partial charge < -0.3 is 20.9 Å². The lowest BCUT2D eigenvalue weighted by Crippen LogP contribution is -2.41. The quantitative estimate of drug-likeness (QED) is 0.346. The summed E-state index contributed by atoms with van der Waals surface area (Å²) in [4.78, 5) is 35.2.